The predicted molar refractivity (Wildman–Crippen MR) is 222 cm³/mol. The van der Waals surface area contributed by atoms with Crippen molar-refractivity contribution in [1.29, 1.82) is 0 Å². The average molecular weight is 705 g/mol. The zero-order chi connectivity index (χ0) is 36.6. The van der Waals surface area contributed by atoms with Gasteiger partial charge in [-0.3, -0.25) is 0 Å². The number of para-hydroxylation sites is 2. The van der Waals surface area contributed by atoms with Crippen LogP contribution in [0, 0.1) is 0 Å². The Hall–Kier alpha value is -7.57. The highest BCUT2D eigenvalue weighted by Crippen LogP contribution is 2.38. The minimum atomic E-state index is 0.594. The number of aromatic nitrogens is 6. The number of rotatable bonds is 7. The predicted octanol–water partition coefficient (Wildman–Crippen LogP) is 11.8. The van der Waals surface area contributed by atoms with Gasteiger partial charge in [0.1, 0.15) is 0 Å². The molecule has 10 aromatic rings. The molecule has 55 heavy (non-hydrogen) atoms. The highest BCUT2D eigenvalue weighted by atomic mass is 15.1. The summed E-state index contributed by atoms with van der Waals surface area (Å²) in [7, 11) is 0. The molecule has 0 atom stereocenters. The Morgan fingerprint density at radius 1 is 0.291 bits per heavy atom. The maximum absolute atomic E-state index is 5.16. The fourth-order valence-electron chi connectivity index (χ4n) is 7.25. The summed E-state index contributed by atoms with van der Waals surface area (Å²) < 4.78 is 2.32. The first-order chi connectivity index (χ1) is 27.3. The molecular weight excluding hydrogens is 673 g/mol. The summed E-state index contributed by atoms with van der Waals surface area (Å²) >= 11 is 0. The fraction of sp³-hybridized carbons (Fsp3) is 0. The Balaban J connectivity index is 1.20. The van der Waals surface area contributed by atoms with Crippen LogP contribution in [0.4, 0.5) is 0 Å². The van der Waals surface area contributed by atoms with Gasteiger partial charge in [-0.1, -0.05) is 164 Å². The highest BCUT2D eigenvalue weighted by Gasteiger charge is 2.20. The van der Waals surface area contributed by atoms with E-state index in [2.05, 4.69) is 95.6 Å². The lowest BCUT2D eigenvalue weighted by Crippen LogP contribution is -2.03. The first kappa shape index (κ1) is 32.1. The Bertz CT molecular complexity index is 2850. The summed E-state index contributed by atoms with van der Waals surface area (Å²) in [5, 5.41) is 2.27. The lowest BCUT2D eigenvalue weighted by atomic mass is 10.1. The molecule has 0 unspecified atom stereocenters. The standard InChI is InChI=1S/C49H32N6/c1-5-17-33(18-6-1)41-32-42(34-19-7-2-8-20-34)51-48(50-41)37-29-30-39-38-25-13-15-27-43(38)55(45(39)31-37)44-28-16-14-26-40(44)49-53-46(35-21-9-3-10-22-35)52-47(54-49)36-23-11-4-12-24-36/h1-32H. The van der Waals surface area contributed by atoms with Gasteiger partial charge in [-0.15, -0.1) is 0 Å². The van der Waals surface area contributed by atoms with Crippen LogP contribution in [-0.2, 0) is 0 Å². The SMILES string of the molecule is c1ccc(-c2cc(-c3ccccc3)nc(-c3ccc4c5ccccc5n(-c5ccccc5-c5nc(-c6ccccc6)nc(-c6ccccc6)n5)c4c3)n2)cc1. The molecule has 0 spiro atoms. The number of fused-ring (bicyclic) bond motifs is 3. The molecule has 0 saturated carbocycles. The Morgan fingerprint density at radius 2 is 0.745 bits per heavy atom. The van der Waals surface area contributed by atoms with Crippen molar-refractivity contribution in [2.24, 2.45) is 0 Å². The van der Waals surface area contributed by atoms with Gasteiger partial charge in [-0.25, -0.2) is 24.9 Å². The second-order valence-electron chi connectivity index (χ2n) is 13.3. The summed E-state index contributed by atoms with van der Waals surface area (Å²) in [6.45, 7) is 0. The first-order valence-corrected chi connectivity index (χ1v) is 18.3. The fourth-order valence-corrected chi connectivity index (χ4v) is 7.25. The van der Waals surface area contributed by atoms with Crippen LogP contribution in [0.2, 0.25) is 0 Å². The molecule has 10 rings (SSSR count). The second kappa shape index (κ2) is 13.8. The van der Waals surface area contributed by atoms with Gasteiger partial charge in [0, 0.05) is 44.2 Å². The van der Waals surface area contributed by atoms with Crippen LogP contribution in [0.25, 0.3) is 95.6 Å². The highest BCUT2D eigenvalue weighted by molar-refractivity contribution is 6.10. The molecule has 0 saturated heterocycles. The summed E-state index contributed by atoms with van der Waals surface area (Å²) in [6, 6.07) is 66.2. The molecule has 7 aromatic carbocycles. The monoisotopic (exact) mass is 704 g/mol. The number of benzene rings is 7. The summed E-state index contributed by atoms with van der Waals surface area (Å²) in [5.41, 5.74) is 10.5. The minimum absolute atomic E-state index is 0.594. The van der Waals surface area contributed by atoms with E-state index in [1.807, 2.05) is 103 Å². The molecule has 0 amide bonds. The van der Waals surface area contributed by atoms with Crippen molar-refractivity contribution in [2.45, 2.75) is 0 Å². The van der Waals surface area contributed by atoms with Crippen molar-refractivity contribution in [3.63, 3.8) is 0 Å². The van der Waals surface area contributed by atoms with E-state index in [0.29, 0.717) is 23.3 Å². The minimum Gasteiger partial charge on any atom is -0.308 e. The zero-order valence-electron chi connectivity index (χ0n) is 29.7. The maximum atomic E-state index is 5.16. The van der Waals surface area contributed by atoms with E-state index in [4.69, 9.17) is 24.9 Å². The van der Waals surface area contributed by atoms with Crippen LogP contribution in [0.3, 0.4) is 0 Å². The average Bonchev–Trinajstić information content (AvgIpc) is 3.61. The second-order valence-corrected chi connectivity index (χ2v) is 13.3. The third-order valence-electron chi connectivity index (χ3n) is 9.88. The van der Waals surface area contributed by atoms with Crippen LogP contribution in [-0.4, -0.2) is 29.5 Å². The lowest BCUT2D eigenvalue weighted by molar-refractivity contribution is 1.06. The van der Waals surface area contributed by atoms with Gasteiger partial charge in [0.2, 0.25) is 0 Å². The van der Waals surface area contributed by atoms with Gasteiger partial charge < -0.3 is 4.57 Å². The van der Waals surface area contributed by atoms with Crippen LogP contribution in [0.1, 0.15) is 0 Å². The number of hydrogen-bond donors (Lipinski definition) is 0. The van der Waals surface area contributed by atoms with Gasteiger partial charge in [0.05, 0.1) is 28.1 Å². The summed E-state index contributed by atoms with van der Waals surface area (Å²) in [6.07, 6.45) is 0. The molecule has 0 N–H and O–H groups in total. The topological polar surface area (TPSA) is 69.4 Å². The molecule has 0 fully saturated rings. The first-order valence-electron chi connectivity index (χ1n) is 18.3. The molecule has 3 aromatic heterocycles. The van der Waals surface area contributed by atoms with E-state index in [0.717, 1.165) is 72.3 Å². The number of nitrogens with zero attached hydrogens (tertiary/aromatic N) is 6. The van der Waals surface area contributed by atoms with Crippen LogP contribution in [0.15, 0.2) is 194 Å². The smallest absolute Gasteiger partial charge is 0.166 e. The molecule has 6 nitrogen and oxygen atoms in total. The number of hydrogen-bond acceptors (Lipinski definition) is 5. The molecule has 0 aliphatic rings. The Morgan fingerprint density at radius 3 is 1.35 bits per heavy atom. The molecular formula is C49H32N6. The van der Waals surface area contributed by atoms with Crippen molar-refractivity contribution in [3.8, 4) is 73.8 Å². The van der Waals surface area contributed by atoms with E-state index < -0.39 is 0 Å². The van der Waals surface area contributed by atoms with Crippen molar-refractivity contribution >= 4 is 21.8 Å². The molecule has 0 bridgehead atoms. The van der Waals surface area contributed by atoms with Gasteiger partial charge in [0.15, 0.2) is 23.3 Å². The van der Waals surface area contributed by atoms with Gasteiger partial charge in [-0.05, 0) is 30.3 Å². The van der Waals surface area contributed by atoms with Gasteiger partial charge in [-0.2, -0.15) is 0 Å². The van der Waals surface area contributed by atoms with E-state index in [-0.39, 0.29) is 0 Å². The van der Waals surface area contributed by atoms with Crippen LogP contribution < -0.4 is 0 Å². The van der Waals surface area contributed by atoms with Crippen molar-refractivity contribution < 1.29 is 0 Å². The normalized spacial score (nSPS) is 11.3. The van der Waals surface area contributed by atoms with Crippen molar-refractivity contribution in [3.05, 3.63) is 194 Å². The molecule has 0 radical (unpaired) electrons. The van der Waals surface area contributed by atoms with E-state index in [9.17, 15) is 0 Å². The van der Waals surface area contributed by atoms with Crippen molar-refractivity contribution in [1.82, 2.24) is 29.5 Å². The maximum Gasteiger partial charge on any atom is 0.166 e. The third-order valence-corrected chi connectivity index (χ3v) is 9.88. The Labute approximate surface area is 318 Å². The summed E-state index contributed by atoms with van der Waals surface area (Å²) in [4.78, 5) is 25.5. The lowest BCUT2D eigenvalue weighted by Gasteiger charge is -2.15. The van der Waals surface area contributed by atoms with Gasteiger partial charge >= 0.3 is 0 Å². The molecule has 0 aliphatic carbocycles. The molecule has 6 heteroatoms. The third kappa shape index (κ3) is 6.02. The summed E-state index contributed by atoms with van der Waals surface area (Å²) in [5.74, 6) is 2.49. The van der Waals surface area contributed by atoms with Crippen LogP contribution in [0.5, 0.6) is 0 Å². The zero-order valence-corrected chi connectivity index (χ0v) is 29.7. The molecule has 3 heterocycles. The van der Waals surface area contributed by atoms with Crippen molar-refractivity contribution in [2.75, 3.05) is 0 Å². The Kier molecular flexibility index (Phi) is 8.04. The van der Waals surface area contributed by atoms with Crippen LogP contribution >= 0.6 is 0 Å². The van der Waals surface area contributed by atoms with Gasteiger partial charge in [0.25, 0.3) is 0 Å². The quantitative estimate of drug-likeness (QED) is 0.165. The van der Waals surface area contributed by atoms with E-state index in [1.165, 1.54) is 0 Å². The van der Waals surface area contributed by atoms with E-state index >= 15 is 0 Å². The molecule has 0 aliphatic heterocycles. The molecule has 258 valence electrons. The van der Waals surface area contributed by atoms with E-state index in [1.54, 1.807) is 0 Å². The largest absolute Gasteiger partial charge is 0.308 e.